The molecule has 2 nitrogen and oxygen atoms in total. The van der Waals surface area contributed by atoms with Crippen LogP contribution in [0.5, 0.6) is 0 Å². The van der Waals surface area contributed by atoms with E-state index in [2.05, 4.69) is 12.2 Å². The second-order valence-electron chi connectivity index (χ2n) is 4.85. The van der Waals surface area contributed by atoms with Gasteiger partial charge >= 0.3 is 0 Å². The predicted molar refractivity (Wildman–Crippen MR) is 76.4 cm³/mol. The Kier molecular flexibility index (Phi) is 5.31. The number of rotatable bonds is 4. The Morgan fingerprint density at radius 1 is 1.33 bits per heavy atom. The molecule has 1 heterocycles. The van der Waals surface area contributed by atoms with E-state index < -0.39 is 0 Å². The van der Waals surface area contributed by atoms with Crippen LogP contribution >= 0.6 is 23.2 Å². The molecule has 1 aliphatic heterocycles. The SMILES string of the molecule is CC(NCC1CCOCC1)c1ccc(Cl)cc1Cl. The highest BCUT2D eigenvalue weighted by molar-refractivity contribution is 6.35. The molecule has 0 aromatic heterocycles. The third-order valence-corrected chi connectivity index (χ3v) is 4.05. The molecule has 1 aliphatic rings. The summed E-state index contributed by atoms with van der Waals surface area (Å²) in [7, 11) is 0. The van der Waals surface area contributed by atoms with Gasteiger partial charge in [-0.05, 0) is 49.9 Å². The Morgan fingerprint density at radius 2 is 2.06 bits per heavy atom. The summed E-state index contributed by atoms with van der Waals surface area (Å²) >= 11 is 12.1. The summed E-state index contributed by atoms with van der Waals surface area (Å²) in [6.45, 7) is 4.93. The fourth-order valence-electron chi connectivity index (χ4n) is 2.26. The summed E-state index contributed by atoms with van der Waals surface area (Å²) in [6.07, 6.45) is 2.29. The fourth-order valence-corrected chi connectivity index (χ4v) is 2.83. The van der Waals surface area contributed by atoms with Gasteiger partial charge in [-0.3, -0.25) is 0 Å². The van der Waals surface area contributed by atoms with Crippen LogP contribution in [0.3, 0.4) is 0 Å². The van der Waals surface area contributed by atoms with Crippen LogP contribution in [-0.4, -0.2) is 19.8 Å². The second kappa shape index (κ2) is 6.76. The zero-order valence-corrected chi connectivity index (χ0v) is 12.1. The fraction of sp³-hybridized carbons (Fsp3) is 0.571. The molecule has 18 heavy (non-hydrogen) atoms. The van der Waals surface area contributed by atoms with Crippen molar-refractivity contribution in [3.05, 3.63) is 33.8 Å². The summed E-state index contributed by atoms with van der Waals surface area (Å²) in [5.41, 5.74) is 1.10. The van der Waals surface area contributed by atoms with Crippen LogP contribution in [0.1, 0.15) is 31.4 Å². The maximum absolute atomic E-state index is 6.20. The van der Waals surface area contributed by atoms with E-state index in [9.17, 15) is 0 Å². The van der Waals surface area contributed by atoms with E-state index in [1.807, 2.05) is 12.1 Å². The van der Waals surface area contributed by atoms with Crippen LogP contribution in [0.25, 0.3) is 0 Å². The molecule has 1 N–H and O–H groups in total. The zero-order chi connectivity index (χ0) is 13.0. The third-order valence-electron chi connectivity index (χ3n) is 3.48. The lowest BCUT2D eigenvalue weighted by molar-refractivity contribution is 0.0656. The largest absolute Gasteiger partial charge is 0.381 e. The molecular weight excluding hydrogens is 269 g/mol. The predicted octanol–water partition coefficient (Wildman–Crippen LogP) is 4.07. The second-order valence-corrected chi connectivity index (χ2v) is 5.70. The van der Waals surface area contributed by atoms with E-state index >= 15 is 0 Å². The number of benzene rings is 1. The normalized spacial score (nSPS) is 18.8. The number of ether oxygens (including phenoxy) is 1. The molecule has 1 aromatic rings. The van der Waals surface area contributed by atoms with Crippen molar-refractivity contribution < 1.29 is 4.74 Å². The molecule has 0 saturated carbocycles. The average Bonchev–Trinajstić information content (AvgIpc) is 2.37. The average molecular weight is 288 g/mol. The van der Waals surface area contributed by atoms with E-state index in [1.54, 1.807) is 6.07 Å². The van der Waals surface area contributed by atoms with Crippen LogP contribution in [0, 0.1) is 5.92 Å². The first kappa shape index (κ1) is 14.1. The molecule has 4 heteroatoms. The van der Waals surface area contributed by atoms with Crippen molar-refractivity contribution in [2.75, 3.05) is 19.8 Å². The highest BCUT2D eigenvalue weighted by Gasteiger charge is 2.16. The smallest absolute Gasteiger partial charge is 0.0469 e. The highest BCUT2D eigenvalue weighted by atomic mass is 35.5. The Morgan fingerprint density at radius 3 is 2.72 bits per heavy atom. The van der Waals surface area contributed by atoms with E-state index in [0.717, 1.165) is 43.2 Å². The maximum atomic E-state index is 6.20. The number of nitrogens with one attached hydrogen (secondary N) is 1. The van der Waals surface area contributed by atoms with E-state index in [4.69, 9.17) is 27.9 Å². The van der Waals surface area contributed by atoms with Crippen molar-refractivity contribution >= 4 is 23.2 Å². The Bertz CT molecular complexity index is 391. The highest BCUT2D eigenvalue weighted by Crippen LogP contribution is 2.26. The van der Waals surface area contributed by atoms with Gasteiger partial charge in [-0.25, -0.2) is 0 Å². The Labute approximate surface area is 119 Å². The molecule has 2 rings (SSSR count). The lowest BCUT2D eigenvalue weighted by Gasteiger charge is -2.24. The van der Waals surface area contributed by atoms with Crippen LogP contribution in [0.15, 0.2) is 18.2 Å². The topological polar surface area (TPSA) is 21.3 Å². The van der Waals surface area contributed by atoms with Crippen molar-refractivity contribution in [1.29, 1.82) is 0 Å². The molecule has 0 spiro atoms. The maximum Gasteiger partial charge on any atom is 0.0469 e. The molecule has 1 unspecified atom stereocenters. The Balaban J connectivity index is 1.88. The van der Waals surface area contributed by atoms with Crippen molar-refractivity contribution in [2.45, 2.75) is 25.8 Å². The first-order valence-electron chi connectivity index (χ1n) is 6.43. The molecule has 0 aliphatic carbocycles. The van der Waals surface area contributed by atoms with E-state index in [0.29, 0.717) is 10.9 Å². The quantitative estimate of drug-likeness (QED) is 0.901. The van der Waals surface area contributed by atoms with Gasteiger partial charge in [0.15, 0.2) is 0 Å². The van der Waals surface area contributed by atoms with Crippen LogP contribution in [0.4, 0.5) is 0 Å². The van der Waals surface area contributed by atoms with Crippen molar-refractivity contribution in [3.63, 3.8) is 0 Å². The minimum atomic E-state index is 0.248. The van der Waals surface area contributed by atoms with Gasteiger partial charge in [0.05, 0.1) is 0 Å². The summed E-state index contributed by atoms with van der Waals surface area (Å²) in [4.78, 5) is 0. The van der Waals surface area contributed by atoms with Crippen molar-refractivity contribution in [2.24, 2.45) is 5.92 Å². The number of hydrogen-bond donors (Lipinski definition) is 1. The zero-order valence-electron chi connectivity index (χ0n) is 10.6. The first-order valence-corrected chi connectivity index (χ1v) is 7.18. The van der Waals surface area contributed by atoms with Gasteiger partial charge in [-0.15, -0.1) is 0 Å². The van der Waals surface area contributed by atoms with Crippen molar-refractivity contribution in [1.82, 2.24) is 5.32 Å². The van der Waals surface area contributed by atoms with Gasteiger partial charge in [-0.2, -0.15) is 0 Å². The molecule has 100 valence electrons. The summed E-state index contributed by atoms with van der Waals surface area (Å²) in [6, 6.07) is 5.92. The van der Waals surface area contributed by atoms with Gasteiger partial charge in [-0.1, -0.05) is 29.3 Å². The van der Waals surface area contributed by atoms with Crippen LogP contribution in [-0.2, 0) is 4.74 Å². The molecule has 0 amide bonds. The monoisotopic (exact) mass is 287 g/mol. The van der Waals surface area contributed by atoms with Gasteiger partial charge < -0.3 is 10.1 Å². The van der Waals surface area contributed by atoms with E-state index in [-0.39, 0.29) is 6.04 Å². The lowest BCUT2D eigenvalue weighted by atomic mass is 9.99. The number of halogens is 2. The molecule has 1 fully saturated rings. The molecule has 1 aromatic carbocycles. The van der Waals surface area contributed by atoms with Gasteiger partial charge in [0.1, 0.15) is 0 Å². The van der Waals surface area contributed by atoms with Crippen LogP contribution < -0.4 is 5.32 Å². The summed E-state index contributed by atoms with van der Waals surface area (Å²) in [5.74, 6) is 0.715. The molecule has 1 atom stereocenters. The van der Waals surface area contributed by atoms with Gasteiger partial charge in [0, 0.05) is 29.3 Å². The van der Waals surface area contributed by atoms with Crippen molar-refractivity contribution in [3.8, 4) is 0 Å². The summed E-state index contributed by atoms with van der Waals surface area (Å²) in [5, 5.41) is 4.96. The standard InChI is InChI=1S/C14H19Cl2NO/c1-10(13-3-2-12(15)8-14(13)16)17-9-11-4-6-18-7-5-11/h2-3,8,10-11,17H,4-7,9H2,1H3. The summed E-state index contributed by atoms with van der Waals surface area (Å²) < 4.78 is 5.36. The molecular formula is C14H19Cl2NO. The molecule has 1 saturated heterocycles. The van der Waals surface area contributed by atoms with Gasteiger partial charge in [0.2, 0.25) is 0 Å². The molecule has 0 radical (unpaired) electrons. The van der Waals surface area contributed by atoms with Crippen LogP contribution in [0.2, 0.25) is 10.0 Å². The number of hydrogen-bond acceptors (Lipinski definition) is 2. The Hall–Kier alpha value is -0.280. The van der Waals surface area contributed by atoms with Gasteiger partial charge in [0.25, 0.3) is 0 Å². The minimum Gasteiger partial charge on any atom is -0.381 e. The van der Waals surface area contributed by atoms with E-state index in [1.165, 1.54) is 0 Å². The molecule has 0 bridgehead atoms. The minimum absolute atomic E-state index is 0.248. The lowest BCUT2D eigenvalue weighted by Crippen LogP contribution is -2.29. The first-order chi connectivity index (χ1) is 8.66. The third kappa shape index (κ3) is 3.86.